The Kier molecular flexibility index (Phi) is 3.83. The Bertz CT molecular complexity index is 700. The number of benzene rings is 1. The molecule has 0 radical (unpaired) electrons. The minimum atomic E-state index is -0.00859. The van der Waals surface area contributed by atoms with E-state index in [1.165, 1.54) is 0 Å². The van der Waals surface area contributed by atoms with E-state index in [-0.39, 0.29) is 5.54 Å². The van der Waals surface area contributed by atoms with Crippen LogP contribution in [0.25, 0.3) is 11.0 Å². The van der Waals surface area contributed by atoms with Gasteiger partial charge in [0.2, 0.25) is 0 Å². The lowest BCUT2D eigenvalue weighted by Gasteiger charge is -2.15. The highest BCUT2D eigenvalue weighted by molar-refractivity contribution is 8.14. The number of aliphatic imine (C=N–C) groups is 1. The summed E-state index contributed by atoms with van der Waals surface area (Å²) in [5.41, 5.74) is 2.09. The van der Waals surface area contributed by atoms with Crippen molar-refractivity contribution in [3.05, 3.63) is 16.1 Å². The van der Waals surface area contributed by atoms with Crippen molar-refractivity contribution in [2.75, 3.05) is 11.1 Å². The molecular formula is C12H12Cl2N4S2. The molecule has 106 valence electrons. The van der Waals surface area contributed by atoms with E-state index in [9.17, 15) is 0 Å². The first-order valence-electron chi connectivity index (χ1n) is 6.12. The van der Waals surface area contributed by atoms with Gasteiger partial charge in [0.15, 0.2) is 5.17 Å². The topological polar surface area (TPSA) is 50.2 Å². The van der Waals surface area contributed by atoms with Crippen LogP contribution in [0.5, 0.6) is 0 Å². The molecule has 0 saturated heterocycles. The van der Waals surface area contributed by atoms with Crippen LogP contribution in [0.4, 0.5) is 5.69 Å². The van der Waals surface area contributed by atoms with Crippen LogP contribution >= 0.6 is 46.7 Å². The van der Waals surface area contributed by atoms with Gasteiger partial charge in [-0.05, 0) is 19.4 Å². The van der Waals surface area contributed by atoms with Crippen LogP contribution in [-0.2, 0) is 0 Å². The van der Waals surface area contributed by atoms with Crippen molar-refractivity contribution in [2.24, 2.45) is 4.99 Å². The zero-order chi connectivity index (χ0) is 14.3. The number of nitrogens with one attached hydrogen (secondary N) is 1. The van der Waals surface area contributed by atoms with Crippen molar-refractivity contribution in [3.63, 3.8) is 0 Å². The van der Waals surface area contributed by atoms with Gasteiger partial charge in [-0.1, -0.05) is 41.9 Å². The van der Waals surface area contributed by atoms with Crippen molar-refractivity contribution >= 4 is 68.6 Å². The summed E-state index contributed by atoms with van der Waals surface area (Å²) in [4.78, 5) is 4.72. The molecule has 0 saturated carbocycles. The van der Waals surface area contributed by atoms with Gasteiger partial charge in [-0.3, -0.25) is 4.99 Å². The van der Waals surface area contributed by atoms with E-state index in [0.29, 0.717) is 21.1 Å². The second-order valence-electron chi connectivity index (χ2n) is 4.86. The Hall–Kier alpha value is -0.560. The van der Waals surface area contributed by atoms with Crippen LogP contribution in [-0.4, -0.2) is 25.2 Å². The number of hydrogen-bond donors (Lipinski definition) is 1. The highest BCUT2D eigenvalue weighted by Crippen LogP contribution is 2.37. The molecule has 0 fully saturated rings. The molecule has 2 aromatic rings. The molecule has 1 N–H and O–H groups in total. The molecule has 1 aromatic heterocycles. The molecule has 4 nitrogen and oxygen atoms in total. The van der Waals surface area contributed by atoms with Gasteiger partial charge in [0.25, 0.3) is 0 Å². The number of amidine groups is 1. The molecule has 0 amide bonds. The molecule has 1 aromatic carbocycles. The predicted molar refractivity (Wildman–Crippen MR) is 89.6 cm³/mol. The van der Waals surface area contributed by atoms with Crippen molar-refractivity contribution in [3.8, 4) is 0 Å². The Labute approximate surface area is 135 Å². The predicted octanol–water partition coefficient (Wildman–Crippen LogP) is 4.68. The summed E-state index contributed by atoms with van der Waals surface area (Å²) in [6.45, 7) is 4.29. The molecule has 8 heteroatoms. The lowest BCUT2D eigenvalue weighted by Crippen LogP contribution is -2.20. The number of thioether (sulfide) groups is 1. The fourth-order valence-corrected chi connectivity index (χ4v) is 4.21. The fourth-order valence-electron chi connectivity index (χ4n) is 1.88. The molecule has 1 aliphatic rings. The number of hydrogen-bond acceptors (Lipinski definition) is 6. The molecule has 0 spiro atoms. The van der Waals surface area contributed by atoms with Crippen LogP contribution < -0.4 is 5.32 Å². The van der Waals surface area contributed by atoms with Crippen molar-refractivity contribution in [2.45, 2.75) is 25.8 Å². The zero-order valence-electron chi connectivity index (χ0n) is 10.9. The standard InChI is InChI=1S/C12H12Cl2N4S2/c1-3-12(2)5-19-11(16-12)15-8-6(13)4-7(14)9-10(8)18-20-17-9/h4H,3,5H2,1-2H3,(H,15,16). The third-order valence-electron chi connectivity index (χ3n) is 3.33. The highest BCUT2D eigenvalue weighted by atomic mass is 35.5. The molecule has 1 atom stereocenters. The molecule has 2 heterocycles. The average molecular weight is 347 g/mol. The maximum atomic E-state index is 6.27. The minimum absolute atomic E-state index is 0.00859. The van der Waals surface area contributed by atoms with Gasteiger partial charge < -0.3 is 5.32 Å². The van der Waals surface area contributed by atoms with Crippen LogP contribution in [0.2, 0.25) is 10.0 Å². The number of halogens is 2. The Balaban J connectivity index is 2.00. The van der Waals surface area contributed by atoms with Crippen LogP contribution in [0.1, 0.15) is 20.3 Å². The van der Waals surface area contributed by atoms with Crippen LogP contribution in [0.15, 0.2) is 11.1 Å². The Morgan fingerprint density at radius 3 is 2.75 bits per heavy atom. The van der Waals surface area contributed by atoms with Gasteiger partial charge in [0.05, 0.1) is 33.0 Å². The smallest absolute Gasteiger partial charge is 0.161 e. The number of aromatic nitrogens is 2. The second kappa shape index (κ2) is 5.33. The van der Waals surface area contributed by atoms with Gasteiger partial charge in [-0.15, -0.1) is 0 Å². The van der Waals surface area contributed by atoms with Gasteiger partial charge >= 0.3 is 0 Å². The third kappa shape index (κ3) is 2.50. The number of rotatable bonds is 2. The summed E-state index contributed by atoms with van der Waals surface area (Å²) in [6.07, 6.45) is 1.01. The highest BCUT2D eigenvalue weighted by Gasteiger charge is 2.29. The number of nitrogens with zero attached hydrogens (tertiary/aromatic N) is 3. The van der Waals surface area contributed by atoms with Crippen LogP contribution in [0, 0.1) is 0 Å². The zero-order valence-corrected chi connectivity index (χ0v) is 14.1. The maximum absolute atomic E-state index is 6.27. The van der Waals surface area contributed by atoms with Crippen molar-refractivity contribution in [1.29, 1.82) is 0 Å². The lowest BCUT2D eigenvalue weighted by atomic mass is 10.0. The summed E-state index contributed by atoms with van der Waals surface area (Å²) in [5.74, 6) is 0.968. The lowest BCUT2D eigenvalue weighted by molar-refractivity contribution is 0.523. The van der Waals surface area contributed by atoms with E-state index in [4.69, 9.17) is 28.2 Å². The SMILES string of the molecule is CCC1(C)CSC(Nc2c(Cl)cc(Cl)c3nsnc23)=N1. The quantitative estimate of drug-likeness (QED) is 0.857. The molecular weight excluding hydrogens is 335 g/mol. The largest absolute Gasteiger partial charge is 0.332 e. The maximum Gasteiger partial charge on any atom is 0.161 e. The first-order chi connectivity index (χ1) is 9.52. The summed E-state index contributed by atoms with van der Waals surface area (Å²) >= 11 is 15.2. The van der Waals surface area contributed by atoms with Gasteiger partial charge in [0.1, 0.15) is 11.0 Å². The third-order valence-corrected chi connectivity index (χ3v) is 5.68. The van der Waals surface area contributed by atoms with Crippen LogP contribution in [0.3, 0.4) is 0 Å². The van der Waals surface area contributed by atoms with Crippen molar-refractivity contribution in [1.82, 2.24) is 8.75 Å². The molecule has 20 heavy (non-hydrogen) atoms. The molecule has 0 aliphatic carbocycles. The monoisotopic (exact) mass is 346 g/mol. The Morgan fingerprint density at radius 2 is 2.05 bits per heavy atom. The van der Waals surface area contributed by atoms with E-state index < -0.39 is 0 Å². The number of anilines is 1. The number of fused-ring (bicyclic) bond motifs is 1. The van der Waals surface area contributed by atoms with E-state index in [1.807, 2.05) is 0 Å². The van der Waals surface area contributed by atoms with Gasteiger partial charge in [-0.2, -0.15) is 8.75 Å². The summed E-state index contributed by atoms with van der Waals surface area (Å²) in [7, 11) is 0. The van der Waals surface area contributed by atoms with Gasteiger partial charge in [0, 0.05) is 5.75 Å². The summed E-state index contributed by atoms with van der Waals surface area (Å²) in [6, 6.07) is 1.69. The van der Waals surface area contributed by atoms with Crippen molar-refractivity contribution < 1.29 is 0 Å². The first-order valence-corrected chi connectivity index (χ1v) is 8.59. The molecule has 3 rings (SSSR count). The molecule has 1 unspecified atom stereocenters. The normalized spacial score (nSPS) is 22.3. The van der Waals surface area contributed by atoms with E-state index in [0.717, 1.165) is 34.8 Å². The average Bonchev–Trinajstić information content (AvgIpc) is 3.02. The summed E-state index contributed by atoms with van der Waals surface area (Å²) < 4.78 is 8.47. The minimum Gasteiger partial charge on any atom is -0.332 e. The molecule has 1 aliphatic heterocycles. The first kappa shape index (κ1) is 14.4. The van der Waals surface area contributed by atoms with E-state index in [1.54, 1.807) is 17.8 Å². The second-order valence-corrected chi connectivity index (χ2v) is 7.16. The van der Waals surface area contributed by atoms with E-state index >= 15 is 0 Å². The fraction of sp³-hybridized carbons (Fsp3) is 0.417. The Morgan fingerprint density at radius 1 is 1.30 bits per heavy atom. The molecule has 0 bridgehead atoms. The van der Waals surface area contributed by atoms with E-state index in [2.05, 4.69) is 27.9 Å². The van der Waals surface area contributed by atoms with Gasteiger partial charge in [-0.25, -0.2) is 0 Å². The summed E-state index contributed by atoms with van der Waals surface area (Å²) in [5, 5.41) is 5.20.